The zero-order valence-electron chi connectivity index (χ0n) is 11.9. The van der Waals surface area contributed by atoms with Gasteiger partial charge in [0.2, 0.25) is 0 Å². The molecular formula is C15H26O3. The molecule has 2 fully saturated rings. The maximum absolute atomic E-state index is 11.0. The molecule has 1 aliphatic carbocycles. The molecular weight excluding hydrogens is 228 g/mol. The Balaban J connectivity index is 2.23. The van der Waals surface area contributed by atoms with E-state index in [-0.39, 0.29) is 5.41 Å². The third kappa shape index (κ3) is 2.24. The average molecular weight is 254 g/mol. The van der Waals surface area contributed by atoms with Crippen molar-refractivity contribution in [2.75, 3.05) is 13.2 Å². The quantitative estimate of drug-likeness (QED) is 0.770. The molecule has 0 bridgehead atoms. The highest BCUT2D eigenvalue weighted by molar-refractivity contribution is 5.06. The van der Waals surface area contributed by atoms with Crippen LogP contribution in [0.25, 0.3) is 0 Å². The SMILES string of the molecule is C=CC[C@]1(O)C[C@@H](C(C)(C)C)CCC12OCCO2. The minimum Gasteiger partial charge on any atom is -0.384 e. The maximum Gasteiger partial charge on any atom is 0.197 e. The smallest absolute Gasteiger partial charge is 0.197 e. The van der Waals surface area contributed by atoms with E-state index in [0.717, 1.165) is 19.3 Å². The van der Waals surface area contributed by atoms with E-state index >= 15 is 0 Å². The summed E-state index contributed by atoms with van der Waals surface area (Å²) in [6.45, 7) is 11.6. The van der Waals surface area contributed by atoms with Crippen molar-refractivity contribution in [1.29, 1.82) is 0 Å². The van der Waals surface area contributed by atoms with Gasteiger partial charge in [0.1, 0.15) is 5.60 Å². The van der Waals surface area contributed by atoms with Crippen LogP contribution in [-0.4, -0.2) is 29.7 Å². The molecule has 0 amide bonds. The molecule has 2 atom stereocenters. The third-order valence-electron chi connectivity index (χ3n) is 4.58. The van der Waals surface area contributed by atoms with Crippen molar-refractivity contribution >= 4 is 0 Å². The molecule has 1 aliphatic heterocycles. The van der Waals surface area contributed by atoms with Gasteiger partial charge in [0.15, 0.2) is 5.79 Å². The fourth-order valence-corrected chi connectivity index (χ4v) is 3.35. The fourth-order valence-electron chi connectivity index (χ4n) is 3.35. The lowest BCUT2D eigenvalue weighted by molar-refractivity contribution is -0.295. The van der Waals surface area contributed by atoms with Crippen LogP contribution in [-0.2, 0) is 9.47 Å². The Morgan fingerprint density at radius 3 is 2.44 bits per heavy atom. The van der Waals surface area contributed by atoms with Crippen LogP contribution in [0.1, 0.15) is 46.5 Å². The van der Waals surface area contributed by atoms with Crippen molar-refractivity contribution < 1.29 is 14.6 Å². The van der Waals surface area contributed by atoms with Crippen LogP contribution in [0.2, 0.25) is 0 Å². The first-order valence-corrected chi connectivity index (χ1v) is 6.94. The van der Waals surface area contributed by atoms with E-state index in [1.54, 1.807) is 6.08 Å². The largest absolute Gasteiger partial charge is 0.384 e. The molecule has 1 saturated heterocycles. The number of hydrogen-bond donors (Lipinski definition) is 1. The second-order valence-corrected chi connectivity index (χ2v) is 6.78. The van der Waals surface area contributed by atoms with Crippen LogP contribution in [0.15, 0.2) is 12.7 Å². The van der Waals surface area contributed by atoms with Crippen molar-refractivity contribution in [3.63, 3.8) is 0 Å². The van der Waals surface area contributed by atoms with Gasteiger partial charge in [0.25, 0.3) is 0 Å². The van der Waals surface area contributed by atoms with Crippen LogP contribution in [0.5, 0.6) is 0 Å². The highest BCUT2D eigenvalue weighted by atomic mass is 16.7. The van der Waals surface area contributed by atoms with Gasteiger partial charge in [-0.3, -0.25) is 0 Å². The van der Waals surface area contributed by atoms with E-state index in [1.807, 2.05) is 0 Å². The molecule has 1 N–H and O–H groups in total. The van der Waals surface area contributed by atoms with Crippen LogP contribution in [0, 0.1) is 11.3 Å². The molecule has 0 aromatic carbocycles. The Bertz CT molecular complexity index is 312. The Morgan fingerprint density at radius 2 is 1.94 bits per heavy atom. The lowest BCUT2D eigenvalue weighted by atomic mass is 9.64. The first-order chi connectivity index (χ1) is 8.33. The lowest BCUT2D eigenvalue weighted by Crippen LogP contribution is -2.59. The van der Waals surface area contributed by atoms with Gasteiger partial charge >= 0.3 is 0 Å². The zero-order chi connectivity index (χ0) is 13.4. The normalized spacial score (nSPS) is 35.9. The highest BCUT2D eigenvalue weighted by Gasteiger charge is 2.58. The summed E-state index contributed by atoms with van der Waals surface area (Å²) < 4.78 is 11.6. The minimum absolute atomic E-state index is 0.204. The molecule has 1 saturated carbocycles. The van der Waals surface area contributed by atoms with Gasteiger partial charge in [-0.25, -0.2) is 0 Å². The second kappa shape index (κ2) is 4.62. The van der Waals surface area contributed by atoms with Crippen molar-refractivity contribution in [2.24, 2.45) is 11.3 Å². The van der Waals surface area contributed by atoms with Crippen LogP contribution in [0.3, 0.4) is 0 Å². The molecule has 0 radical (unpaired) electrons. The zero-order valence-corrected chi connectivity index (χ0v) is 11.9. The van der Waals surface area contributed by atoms with Crippen molar-refractivity contribution in [1.82, 2.24) is 0 Å². The summed E-state index contributed by atoms with van der Waals surface area (Å²) >= 11 is 0. The highest BCUT2D eigenvalue weighted by Crippen LogP contribution is 2.51. The number of aliphatic hydroxyl groups is 1. The van der Waals surface area contributed by atoms with E-state index in [1.165, 1.54) is 0 Å². The van der Waals surface area contributed by atoms with E-state index < -0.39 is 11.4 Å². The van der Waals surface area contributed by atoms with Gasteiger partial charge in [0, 0.05) is 6.42 Å². The van der Waals surface area contributed by atoms with Crippen molar-refractivity contribution in [3.05, 3.63) is 12.7 Å². The molecule has 18 heavy (non-hydrogen) atoms. The fraction of sp³-hybridized carbons (Fsp3) is 0.867. The van der Waals surface area contributed by atoms with E-state index in [9.17, 15) is 5.11 Å². The van der Waals surface area contributed by atoms with Gasteiger partial charge in [-0.05, 0) is 30.6 Å². The van der Waals surface area contributed by atoms with Gasteiger partial charge < -0.3 is 14.6 Å². The second-order valence-electron chi connectivity index (χ2n) is 6.78. The molecule has 0 aromatic heterocycles. The molecule has 3 nitrogen and oxygen atoms in total. The van der Waals surface area contributed by atoms with Gasteiger partial charge in [-0.15, -0.1) is 6.58 Å². The Hall–Kier alpha value is -0.380. The molecule has 2 aliphatic rings. The standard InChI is InChI=1S/C15H26O3/c1-5-7-14(16)11-12(13(2,3)4)6-8-15(14)17-9-10-18-15/h5,12,16H,1,6-11H2,2-4H3/t12-,14-/m0/s1. The molecule has 3 heteroatoms. The van der Waals surface area contributed by atoms with E-state index in [4.69, 9.17) is 9.47 Å². The molecule has 0 aromatic rings. The van der Waals surface area contributed by atoms with Crippen molar-refractivity contribution in [3.8, 4) is 0 Å². The summed E-state index contributed by atoms with van der Waals surface area (Å²) in [5.41, 5.74) is -0.725. The first kappa shape index (κ1) is 14.0. The lowest BCUT2D eigenvalue weighted by Gasteiger charge is -2.51. The van der Waals surface area contributed by atoms with Crippen LogP contribution in [0.4, 0.5) is 0 Å². The average Bonchev–Trinajstić information content (AvgIpc) is 2.72. The Labute approximate surface area is 110 Å². The summed E-state index contributed by atoms with van der Waals surface area (Å²) in [6, 6.07) is 0. The van der Waals surface area contributed by atoms with Crippen molar-refractivity contribution in [2.45, 2.75) is 57.8 Å². The predicted octanol–water partition coefficient (Wildman–Crippen LogP) is 2.88. The summed E-state index contributed by atoms with van der Waals surface area (Å²) in [5.74, 6) is -0.302. The number of ether oxygens (including phenoxy) is 2. The van der Waals surface area contributed by atoms with Crippen LogP contribution >= 0.6 is 0 Å². The molecule has 1 heterocycles. The predicted molar refractivity (Wildman–Crippen MR) is 71.2 cm³/mol. The third-order valence-corrected chi connectivity index (χ3v) is 4.58. The Kier molecular flexibility index (Phi) is 3.60. The van der Waals surface area contributed by atoms with Crippen LogP contribution < -0.4 is 0 Å². The maximum atomic E-state index is 11.0. The molecule has 2 rings (SSSR count). The number of hydrogen-bond acceptors (Lipinski definition) is 3. The van der Waals surface area contributed by atoms with E-state index in [2.05, 4.69) is 27.4 Å². The van der Waals surface area contributed by atoms with Gasteiger partial charge in [-0.2, -0.15) is 0 Å². The monoisotopic (exact) mass is 254 g/mol. The Morgan fingerprint density at radius 1 is 1.33 bits per heavy atom. The van der Waals surface area contributed by atoms with E-state index in [0.29, 0.717) is 25.6 Å². The topological polar surface area (TPSA) is 38.7 Å². The summed E-state index contributed by atoms with van der Waals surface area (Å²) in [4.78, 5) is 0. The summed E-state index contributed by atoms with van der Waals surface area (Å²) in [5, 5.41) is 11.0. The summed E-state index contributed by atoms with van der Waals surface area (Å²) in [7, 11) is 0. The molecule has 1 spiro atoms. The summed E-state index contributed by atoms with van der Waals surface area (Å²) in [6.07, 6.45) is 4.85. The molecule has 0 unspecified atom stereocenters. The number of rotatable bonds is 2. The van der Waals surface area contributed by atoms with Gasteiger partial charge in [0.05, 0.1) is 13.2 Å². The first-order valence-electron chi connectivity index (χ1n) is 6.94. The minimum atomic E-state index is -0.929. The van der Waals surface area contributed by atoms with Gasteiger partial charge in [-0.1, -0.05) is 26.8 Å². The molecule has 104 valence electrons.